The van der Waals surface area contributed by atoms with E-state index >= 15 is 0 Å². The summed E-state index contributed by atoms with van der Waals surface area (Å²) in [5.74, 6) is -1.39. The summed E-state index contributed by atoms with van der Waals surface area (Å²) in [5, 5.41) is 11.4. The van der Waals surface area contributed by atoms with Crippen molar-refractivity contribution in [3.8, 4) is 0 Å². The summed E-state index contributed by atoms with van der Waals surface area (Å²) < 4.78 is 0. The van der Waals surface area contributed by atoms with Crippen LogP contribution >= 0.6 is 0 Å². The Labute approximate surface area is 112 Å². The molecule has 0 aromatic carbocycles. The zero-order valence-corrected chi connectivity index (χ0v) is 11.1. The van der Waals surface area contributed by atoms with Gasteiger partial charge in [0.1, 0.15) is 6.04 Å². The molecule has 7 heteroatoms. The molecule has 0 spiro atoms. The van der Waals surface area contributed by atoms with Crippen molar-refractivity contribution in [2.45, 2.75) is 32.2 Å². The van der Waals surface area contributed by atoms with Gasteiger partial charge < -0.3 is 21.1 Å². The first-order valence-electron chi connectivity index (χ1n) is 6.39. The van der Waals surface area contributed by atoms with E-state index in [0.717, 1.165) is 25.9 Å². The molecule has 0 aliphatic carbocycles. The maximum absolute atomic E-state index is 11.0. The fourth-order valence-electron chi connectivity index (χ4n) is 2.35. The summed E-state index contributed by atoms with van der Waals surface area (Å²) in [6.07, 6.45) is 2.05. The average Bonchev–Trinajstić information content (AvgIpc) is 2.29. The molecule has 4 N–H and O–H groups in total. The van der Waals surface area contributed by atoms with E-state index in [-0.39, 0.29) is 24.3 Å². The standard InChI is InChI=1S/C12H21N3O4/c1-8(16)14-10(12(18)19)7-15-4-2-9(3-5-15)6-11(13)17/h9-10H,2-7H2,1H3,(H2,13,17)(H,14,16)(H,18,19). The number of carboxylic acids is 1. The topological polar surface area (TPSA) is 113 Å². The predicted octanol–water partition coefficient (Wildman–Crippen LogP) is -0.837. The Morgan fingerprint density at radius 1 is 1.37 bits per heavy atom. The second-order valence-corrected chi connectivity index (χ2v) is 5.01. The van der Waals surface area contributed by atoms with Crippen molar-refractivity contribution in [3.63, 3.8) is 0 Å². The smallest absolute Gasteiger partial charge is 0.327 e. The van der Waals surface area contributed by atoms with Crippen LogP contribution in [0.4, 0.5) is 0 Å². The van der Waals surface area contributed by atoms with Gasteiger partial charge >= 0.3 is 5.97 Å². The summed E-state index contributed by atoms with van der Waals surface area (Å²) in [7, 11) is 0. The van der Waals surface area contributed by atoms with Gasteiger partial charge in [0.15, 0.2) is 0 Å². The molecule has 2 amide bonds. The van der Waals surface area contributed by atoms with Gasteiger partial charge in [0.2, 0.25) is 11.8 Å². The lowest BCUT2D eigenvalue weighted by Crippen LogP contribution is -2.49. The summed E-state index contributed by atoms with van der Waals surface area (Å²) >= 11 is 0. The lowest BCUT2D eigenvalue weighted by Gasteiger charge is -2.33. The van der Waals surface area contributed by atoms with Crippen molar-refractivity contribution in [1.82, 2.24) is 10.2 Å². The lowest BCUT2D eigenvalue weighted by molar-refractivity contribution is -0.142. The first-order chi connectivity index (χ1) is 8.88. The number of nitrogens with two attached hydrogens (primary N) is 1. The van der Waals surface area contributed by atoms with Gasteiger partial charge in [-0.25, -0.2) is 4.79 Å². The van der Waals surface area contributed by atoms with E-state index in [9.17, 15) is 14.4 Å². The molecule has 108 valence electrons. The van der Waals surface area contributed by atoms with Crippen LogP contribution in [-0.4, -0.2) is 53.5 Å². The van der Waals surface area contributed by atoms with Crippen LogP contribution in [0.3, 0.4) is 0 Å². The summed E-state index contributed by atoms with van der Waals surface area (Å²) in [6.45, 7) is 3.04. The molecule has 1 aliphatic heterocycles. The minimum Gasteiger partial charge on any atom is -0.480 e. The van der Waals surface area contributed by atoms with Crippen LogP contribution in [0.5, 0.6) is 0 Å². The zero-order valence-electron chi connectivity index (χ0n) is 11.1. The Morgan fingerprint density at radius 3 is 2.37 bits per heavy atom. The number of amides is 2. The molecule has 1 saturated heterocycles. The first-order valence-corrected chi connectivity index (χ1v) is 6.39. The van der Waals surface area contributed by atoms with Gasteiger partial charge in [-0.3, -0.25) is 9.59 Å². The number of rotatable bonds is 6. The number of hydrogen-bond donors (Lipinski definition) is 3. The number of carboxylic acid groups (broad SMARTS) is 1. The minimum atomic E-state index is -1.03. The average molecular weight is 271 g/mol. The number of carbonyl (C=O) groups is 3. The minimum absolute atomic E-state index is 0.290. The van der Waals surface area contributed by atoms with Crippen LogP contribution in [0.15, 0.2) is 0 Å². The number of piperidine rings is 1. The molecular weight excluding hydrogens is 250 g/mol. The van der Waals surface area contributed by atoms with Gasteiger partial charge in [-0.15, -0.1) is 0 Å². The van der Waals surface area contributed by atoms with E-state index in [4.69, 9.17) is 10.8 Å². The number of aliphatic carboxylic acids is 1. The van der Waals surface area contributed by atoms with E-state index in [0.29, 0.717) is 6.42 Å². The molecule has 19 heavy (non-hydrogen) atoms. The molecule has 1 unspecified atom stereocenters. The van der Waals surface area contributed by atoms with E-state index in [1.165, 1.54) is 6.92 Å². The lowest BCUT2D eigenvalue weighted by atomic mass is 9.93. The summed E-state index contributed by atoms with van der Waals surface area (Å²) in [6, 6.07) is -0.884. The van der Waals surface area contributed by atoms with Crippen LogP contribution in [0, 0.1) is 5.92 Å². The fourth-order valence-corrected chi connectivity index (χ4v) is 2.35. The van der Waals surface area contributed by atoms with Gasteiger partial charge in [-0.05, 0) is 31.8 Å². The third-order valence-corrected chi connectivity index (χ3v) is 3.31. The molecule has 1 fully saturated rings. The Balaban J connectivity index is 2.40. The van der Waals surface area contributed by atoms with Crippen molar-refractivity contribution in [2.75, 3.05) is 19.6 Å². The highest BCUT2D eigenvalue weighted by Crippen LogP contribution is 2.20. The fraction of sp³-hybridized carbons (Fsp3) is 0.750. The third-order valence-electron chi connectivity index (χ3n) is 3.31. The molecule has 0 aromatic rings. The van der Waals surface area contributed by atoms with Gasteiger partial charge in [0.25, 0.3) is 0 Å². The highest BCUT2D eigenvalue weighted by Gasteiger charge is 2.26. The molecule has 0 bridgehead atoms. The van der Waals surface area contributed by atoms with Crippen LogP contribution in [0.2, 0.25) is 0 Å². The van der Waals surface area contributed by atoms with Crippen molar-refractivity contribution < 1.29 is 19.5 Å². The molecule has 0 radical (unpaired) electrons. The third kappa shape index (κ3) is 5.69. The second kappa shape index (κ2) is 7.08. The Morgan fingerprint density at radius 2 is 1.95 bits per heavy atom. The zero-order chi connectivity index (χ0) is 14.4. The number of likely N-dealkylation sites (tertiary alicyclic amines) is 1. The molecule has 1 atom stereocenters. The Bertz CT molecular complexity index is 351. The molecule has 7 nitrogen and oxygen atoms in total. The van der Waals surface area contributed by atoms with E-state index in [1.54, 1.807) is 0 Å². The SMILES string of the molecule is CC(=O)NC(CN1CCC(CC(N)=O)CC1)C(=O)O. The highest BCUT2D eigenvalue weighted by atomic mass is 16.4. The molecule has 0 saturated carbocycles. The molecule has 1 aliphatic rings. The number of nitrogens with one attached hydrogen (secondary N) is 1. The van der Waals surface area contributed by atoms with Gasteiger partial charge in [-0.2, -0.15) is 0 Å². The van der Waals surface area contributed by atoms with Crippen molar-refractivity contribution in [2.24, 2.45) is 11.7 Å². The van der Waals surface area contributed by atoms with Gasteiger partial charge in [-0.1, -0.05) is 0 Å². The molecular formula is C12H21N3O4. The summed E-state index contributed by atoms with van der Waals surface area (Å²) in [5.41, 5.74) is 5.16. The normalized spacial score (nSPS) is 18.8. The highest BCUT2D eigenvalue weighted by molar-refractivity contribution is 5.82. The maximum Gasteiger partial charge on any atom is 0.327 e. The van der Waals surface area contributed by atoms with Crippen molar-refractivity contribution in [1.29, 1.82) is 0 Å². The van der Waals surface area contributed by atoms with E-state index < -0.39 is 12.0 Å². The van der Waals surface area contributed by atoms with Crippen molar-refractivity contribution in [3.05, 3.63) is 0 Å². The molecule has 1 heterocycles. The van der Waals surface area contributed by atoms with Crippen LogP contribution in [-0.2, 0) is 14.4 Å². The maximum atomic E-state index is 11.0. The Hall–Kier alpha value is -1.63. The summed E-state index contributed by atoms with van der Waals surface area (Å²) in [4.78, 5) is 34.8. The monoisotopic (exact) mass is 271 g/mol. The molecule has 1 rings (SSSR count). The number of nitrogens with zero attached hydrogens (tertiary/aromatic N) is 1. The Kier molecular flexibility index (Phi) is 5.75. The quantitative estimate of drug-likeness (QED) is 0.583. The van der Waals surface area contributed by atoms with Gasteiger partial charge in [0, 0.05) is 19.9 Å². The van der Waals surface area contributed by atoms with E-state index in [1.807, 2.05) is 4.90 Å². The van der Waals surface area contributed by atoms with E-state index in [2.05, 4.69) is 5.32 Å². The predicted molar refractivity (Wildman–Crippen MR) is 68.2 cm³/mol. The van der Waals surface area contributed by atoms with Crippen LogP contribution < -0.4 is 11.1 Å². The largest absolute Gasteiger partial charge is 0.480 e. The molecule has 0 aromatic heterocycles. The number of primary amides is 1. The van der Waals surface area contributed by atoms with Crippen LogP contribution in [0.25, 0.3) is 0 Å². The number of hydrogen-bond acceptors (Lipinski definition) is 4. The first kappa shape index (κ1) is 15.4. The van der Waals surface area contributed by atoms with Crippen LogP contribution in [0.1, 0.15) is 26.2 Å². The second-order valence-electron chi connectivity index (χ2n) is 5.01. The van der Waals surface area contributed by atoms with Gasteiger partial charge in [0.05, 0.1) is 0 Å². The van der Waals surface area contributed by atoms with Crippen molar-refractivity contribution >= 4 is 17.8 Å². The number of carbonyl (C=O) groups excluding carboxylic acids is 2.